The molecule has 0 aliphatic carbocycles. The summed E-state index contributed by atoms with van der Waals surface area (Å²) in [6.45, 7) is 0.771. The molecule has 0 fully saturated rings. The minimum Gasteiger partial charge on any atom is -0.493 e. The summed E-state index contributed by atoms with van der Waals surface area (Å²) < 4.78 is 5.48. The Bertz CT molecular complexity index is 534. The van der Waals surface area contributed by atoms with Gasteiger partial charge in [-0.25, -0.2) is 0 Å². The van der Waals surface area contributed by atoms with Crippen LogP contribution in [0.5, 0.6) is 5.75 Å². The van der Waals surface area contributed by atoms with Crippen molar-refractivity contribution in [2.45, 2.75) is 31.8 Å². The van der Waals surface area contributed by atoms with Crippen LogP contribution in [0, 0.1) is 0 Å². The van der Waals surface area contributed by atoms with Crippen molar-refractivity contribution in [3.05, 3.63) is 51.7 Å². The van der Waals surface area contributed by atoms with Gasteiger partial charge < -0.3 is 9.84 Å². The van der Waals surface area contributed by atoms with Gasteiger partial charge in [-0.05, 0) is 54.0 Å². The summed E-state index contributed by atoms with van der Waals surface area (Å²) >= 11 is 1.79. The molecule has 0 bridgehead atoms. The normalized spacial score (nSPS) is 15.0. The summed E-state index contributed by atoms with van der Waals surface area (Å²) in [5, 5.41) is 12.3. The Labute approximate surface area is 117 Å². The molecule has 2 aromatic rings. The Kier molecular flexibility index (Phi) is 3.85. The number of aliphatic hydroxyl groups excluding tert-OH is 1. The van der Waals surface area contributed by atoms with E-state index < -0.39 is 0 Å². The molecule has 3 heteroatoms. The van der Waals surface area contributed by atoms with Crippen molar-refractivity contribution in [2.75, 3.05) is 6.61 Å². The van der Waals surface area contributed by atoms with Gasteiger partial charge in [0.1, 0.15) is 5.75 Å². The molecule has 0 spiro atoms. The highest BCUT2D eigenvalue weighted by molar-refractivity contribution is 7.09. The zero-order valence-electron chi connectivity index (χ0n) is 10.8. The van der Waals surface area contributed by atoms with Crippen LogP contribution in [0.3, 0.4) is 0 Å². The molecule has 0 saturated heterocycles. The lowest BCUT2D eigenvalue weighted by atomic mass is 10.0. The van der Waals surface area contributed by atoms with Crippen molar-refractivity contribution >= 4 is 11.3 Å². The van der Waals surface area contributed by atoms with Crippen LogP contribution in [-0.2, 0) is 12.8 Å². The van der Waals surface area contributed by atoms with E-state index in [0.717, 1.165) is 43.6 Å². The van der Waals surface area contributed by atoms with E-state index >= 15 is 0 Å². The van der Waals surface area contributed by atoms with E-state index in [2.05, 4.69) is 23.6 Å². The Morgan fingerprint density at radius 2 is 2.26 bits per heavy atom. The van der Waals surface area contributed by atoms with E-state index in [1.807, 2.05) is 12.1 Å². The summed E-state index contributed by atoms with van der Waals surface area (Å²) in [7, 11) is 0. The number of aryl methyl sites for hydroxylation is 1. The summed E-state index contributed by atoms with van der Waals surface area (Å²) in [6, 6.07) is 10.3. The molecular weight excluding hydrogens is 256 g/mol. The molecule has 19 heavy (non-hydrogen) atoms. The first kappa shape index (κ1) is 12.7. The van der Waals surface area contributed by atoms with Crippen molar-refractivity contribution in [3.8, 4) is 5.75 Å². The van der Waals surface area contributed by atoms with Crippen molar-refractivity contribution < 1.29 is 9.84 Å². The van der Waals surface area contributed by atoms with Gasteiger partial charge in [0.15, 0.2) is 0 Å². The minimum absolute atomic E-state index is 0.356. The first-order chi connectivity index (χ1) is 9.33. The molecule has 0 radical (unpaired) electrons. The summed E-state index contributed by atoms with van der Waals surface area (Å²) in [5.41, 5.74) is 2.25. The van der Waals surface area contributed by atoms with Gasteiger partial charge in [-0.15, -0.1) is 11.3 Å². The third-order valence-electron chi connectivity index (χ3n) is 3.58. The molecule has 1 aromatic carbocycles. The van der Waals surface area contributed by atoms with E-state index in [4.69, 9.17) is 4.74 Å². The van der Waals surface area contributed by atoms with Gasteiger partial charge in [0.2, 0.25) is 0 Å². The van der Waals surface area contributed by atoms with Crippen molar-refractivity contribution in [2.24, 2.45) is 0 Å². The Hall–Kier alpha value is -1.32. The maximum Gasteiger partial charge on any atom is 0.122 e. The molecule has 1 N–H and O–H groups in total. The lowest BCUT2D eigenvalue weighted by Crippen LogP contribution is -1.98. The standard InChI is InChI=1S/C16H18O2S/c17-15(5-1-3-14-4-2-10-19-14)12-6-7-16-13(11-12)8-9-18-16/h2,4,6-7,10-11,15,17H,1,3,5,8-9H2. The largest absolute Gasteiger partial charge is 0.493 e. The number of thiophene rings is 1. The molecule has 2 heterocycles. The summed E-state index contributed by atoms with van der Waals surface area (Å²) in [6.07, 6.45) is 3.51. The fourth-order valence-electron chi connectivity index (χ4n) is 2.50. The van der Waals surface area contributed by atoms with Gasteiger partial charge >= 0.3 is 0 Å². The van der Waals surface area contributed by atoms with Crippen LogP contribution < -0.4 is 4.74 Å². The Balaban J connectivity index is 1.56. The average molecular weight is 274 g/mol. The van der Waals surface area contributed by atoms with E-state index in [-0.39, 0.29) is 6.10 Å². The average Bonchev–Trinajstić information content (AvgIpc) is 3.08. The number of benzene rings is 1. The van der Waals surface area contributed by atoms with Gasteiger partial charge in [0, 0.05) is 11.3 Å². The van der Waals surface area contributed by atoms with Gasteiger partial charge in [0.25, 0.3) is 0 Å². The number of rotatable bonds is 5. The second-order valence-electron chi connectivity index (χ2n) is 4.95. The summed E-state index contributed by atoms with van der Waals surface area (Å²) in [5.74, 6) is 0.981. The number of aliphatic hydroxyl groups is 1. The van der Waals surface area contributed by atoms with E-state index in [0.29, 0.717) is 0 Å². The molecule has 100 valence electrons. The second kappa shape index (κ2) is 5.76. The second-order valence-corrected chi connectivity index (χ2v) is 5.99. The van der Waals surface area contributed by atoms with Crippen LogP contribution in [0.4, 0.5) is 0 Å². The lowest BCUT2D eigenvalue weighted by Gasteiger charge is -2.11. The maximum atomic E-state index is 10.2. The SMILES string of the molecule is OC(CCCc1cccs1)c1ccc2c(c1)CCO2. The summed E-state index contributed by atoms with van der Waals surface area (Å²) in [4.78, 5) is 1.40. The third-order valence-corrected chi connectivity index (χ3v) is 4.52. The monoisotopic (exact) mass is 274 g/mol. The molecule has 1 aromatic heterocycles. The maximum absolute atomic E-state index is 10.2. The first-order valence-corrected chi connectivity index (χ1v) is 7.67. The van der Waals surface area contributed by atoms with Crippen molar-refractivity contribution in [1.29, 1.82) is 0 Å². The quantitative estimate of drug-likeness (QED) is 0.900. The van der Waals surface area contributed by atoms with Crippen molar-refractivity contribution in [3.63, 3.8) is 0 Å². The molecule has 1 unspecified atom stereocenters. The highest BCUT2D eigenvalue weighted by Gasteiger charge is 2.15. The predicted octanol–water partition coefficient (Wildman–Crippen LogP) is 3.74. The predicted molar refractivity (Wildman–Crippen MR) is 77.9 cm³/mol. The van der Waals surface area contributed by atoms with Crippen LogP contribution in [0.1, 0.15) is 34.9 Å². The first-order valence-electron chi connectivity index (χ1n) is 6.79. The van der Waals surface area contributed by atoms with Gasteiger partial charge in [-0.2, -0.15) is 0 Å². The Morgan fingerprint density at radius 3 is 3.11 bits per heavy atom. The van der Waals surface area contributed by atoms with Crippen molar-refractivity contribution in [1.82, 2.24) is 0 Å². The van der Waals surface area contributed by atoms with E-state index in [1.54, 1.807) is 11.3 Å². The molecule has 1 aliphatic rings. The van der Waals surface area contributed by atoms with Gasteiger partial charge in [-0.3, -0.25) is 0 Å². The van der Waals surface area contributed by atoms with Crippen LogP contribution >= 0.6 is 11.3 Å². The number of hydrogen-bond donors (Lipinski definition) is 1. The number of ether oxygens (including phenoxy) is 1. The lowest BCUT2D eigenvalue weighted by molar-refractivity contribution is 0.164. The zero-order chi connectivity index (χ0) is 13.1. The van der Waals surface area contributed by atoms with Crippen LogP contribution in [0.25, 0.3) is 0 Å². The Morgan fingerprint density at radius 1 is 1.32 bits per heavy atom. The minimum atomic E-state index is -0.356. The smallest absolute Gasteiger partial charge is 0.122 e. The van der Waals surface area contributed by atoms with Crippen LogP contribution in [-0.4, -0.2) is 11.7 Å². The number of hydrogen-bond acceptors (Lipinski definition) is 3. The van der Waals surface area contributed by atoms with Crippen LogP contribution in [0.15, 0.2) is 35.7 Å². The molecule has 1 atom stereocenters. The van der Waals surface area contributed by atoms with Gasteiger partial charge in [0.05, 0.1) is 12.7 Å². The zero-order valence-corrected chi connectivity index (χ0v) is 11.7. The number of fused-ring (bicyclic) bond motifs is 1. The molecular formula is C16H18O2S. The third kappa shape index (κ3) is 2.99. The highest BCUT2D eigenvalue weighted by Crippen LogP contribution is 2.29. The topological polar surface area (TPSA) is 29.5 Å². The van der Waals surface area contributed by atoms with Crippen LogP contribution in [0.2, 0.25) is 0 Å². The van der Waals surface area contributed by atoms with E-state index in [9.17, 15) is 5.11 Å². The molecule has 0 amide bonds. The van der Waals surface area contributed by atoms with E-state index in [1.165, 1.54) is 10.4 Å². The fourth-order valence-corrected chi connectivity index (χ4v) is 3.26. The molecule has 1 aliphatic heterocycles. The highest BCUT2D eigenvalue weighted by atomic mass is 32.1. The molecule has 0 saturated carbocycles. The van der Waals surface area contributed by atoms with Gasteiger partial charge in [-0.1, -0.05) is 12.1 Å². The molecule has 3 rings (SSSR count). The fraction of sp³-hybridized carbons (Fsp3) is 0.375. The molecule has 2 nitrogen and oxygen atoms in total.